The van der Waals surface area contributed by atoms with Gasteiger partial charge in [-0.1, -0.05) is 0 Å². The van der Waals surface area contributed by atoms with E-state index in [9.17, 15) is 4.39 Å². The average Bonchev–Trinajstić information content (AvgIpc) is 3.35. The van der Waals surface area contributed by atoms with Crippen LogP contribution in [-0.4, -0.2) is 25.0 Å². The summed E-state index contributed by atoms with van der Waals surface area (Å²) >= 11 is 0. The van der Waals surface area contributed by atoms with Gasteiger partial charge in [0, 0.05) is 41.0 Å². The molecule has 1 aromatic carbocycles. The lowest BCUT2D eigenvalue weighted by Crippen LogP contribution is -2.10. The Morgan fingerprint density at radius 3 is 2.82 bits per heavy atom. The SMILES string of the molecule is Cc1[nH]ncc1-c1cnc(N)c(O[C@@H](C)c2cc(F)ccc2-n2cccn2)c1. The molecule has 4 aromatic rings. The number of halogens is 1. The molecule has 3 heterocycles. The minimum Gasteiger partial charge on any atom is -0.482 e. The van der Waals surface area contributed by atoms with Gasteiger partial charge in [-0.3, -0.25) is 5.10 Å². The largest absolute Gasteiger partial charge is 0.482 e. The monoisotopic (exact) mass is 378 g/mol. The van der Waals surface area contributed by atoms with E-state index >= 15 is 0 Å². The van der Waals surface area contributed by atoms with Gasteiger partial charge >= 0.3 is 0 Å². The Kier molecular flexibility index (Phi) is 4.52. The fourth-order valence-electron chi connectivity index (χ4n) is 3.06. The van der Waals surface area contributed by atoms with Gasteiger partial charge in [-0.15, -0.1) is 0 Å². The number of benzene rings is 1. The van der Waals surface area contributed by atoms with Crippen molar-refractivity contribution in [2.24, 2.45) is 0 Å². The highest BCUT2D eigenvalue weighted by atomic mass is 19.1. The zero-order valence-corrected chi connectivity index (χ0v) is 15.4. The fourth-order valence-corrected chi connectivity index (χ4v) is 3.06. The van der Waals surface area contributed by atoms with E-state index in [2.05, 4.69) is 20.3 Å². The van der Waals surface area contributed by atoms with Gasteiger partial charge in [0.25, 0.3) is 0 Å². The third-order valence-electron chi connectivity index (χ3n) is 4.51. The van der Waals surface area contributed by atoms with Crippen molar-refractivity contribution in [3.63, 3.8) is 0 Å². The van der Waals surface area contributed by atoms with Gasteiger partial charge in [0.15, 0.2) is 11.6 Å². The molecule has 3 aromatic heterocycles. The summed E-state index contributed by atoms with van der Waals surface area (Å²) in [5.74, 6) is 0.324. The van der Waals surface area contributed by atoms with Crippen LogP contribution in [0.3, 0.4) is 0 Å². The minimum absolute atomic E-state index is 0.258. The fraction of sp³-hybridized carbons (Fsp3) is 0.150. The smallest absolute Gasteiger partial charge is 0.166 e. The molecule has 0 bridgehead atoms. The topological polar surface area (TPSA) is 94.6 Å². The van der Waals surface area contributed by atoms with Crippen molar-refractivity contribution in [1.29, 1.82) is 0 Å². The lowest BCUT2D eigenvalue weighted by Gasteiger charge is -2.19. The van der Waals surface area contributed by atoms with Gasteiger partial charge in [0.1, 0.15) is 11.9 Å². The van der Waals surface area contributed by atoms with Gasteiger partial charge in [-0.25, -0.2) is 14.1 Å². The number of anilines is 1. The Morgan fingerprint density at radius 2 is 2.11 bits per heavy atom. The molecule has 4 rings (SSSR count). The van der Waals surface area contributed by atoms with Gasteiger partial charge < -0.3 is 10.5 Å². The summed E-state index contributed by atoms with van der Waals surface area (Å²) < 4.78 is 21.7. The van der Waals surface area contributed by atoms with Crippen molar-refractivity contribution in [2.75, 3.05) is 5.73 Å². The van der Waals surface area contributed by atoms with Crippen LogP contribution in [0.4, 0.5) is 10.2 Å². The van der Waals surface area contributed by atoms with E-state index in [4.69, 9.17) is 10.5 Å². The molecule has 142 valence electrons. The van der Waals surface area contributed by atoms with Gasteiger partial charge in [0.2, 0.25) is 0 Å². The predicted octanol–water partition coefficient (Wildman–Crippen LogP) is 3.83. The highest BCUT2D eigenvalue weighted by Gasteiger charge is 2.18. The number of aromatic amines is 1. The summed E-state index contributed by atoms with van der Waals surface area (Å²) in [6.07, 6.45) is 6.36. The lowest BCUT2D eigenvalue weighted by atomic mass is 10.1. The van der Waals surface area contributed by atoms with Crippen LogP contribution in [-0.2, 0) is 0 Å². The van der Waals surface area contributed by atoms with E-state index in [1.165, 1.54) is 12.1 Å². The first-order chi connectivity index (χ1) is 13.5. The molecule has 0 saturated carbocycles. The van der Waals surface area contributed by atoms with Gasteiger partial charge in [-0.05, 0) is 44.2 Å². The highest BCUT2D eigenvalue weighted by molar-refractivity contribution is 5.68. The predicted molar refractivity (Wildman–Crippen MR) is 104 cm³/mol. The minimum atomic E-state index is -0.486. The Morgan fingerprint density at radius 1 is 1.25 bits per heavy atom. The number of nitrogen functional groups attached to an aromatic ring is 1. The number of aryl methyl sites for hydroxylation is 1. The zero-order chi connectivity index (χ0) is 19.7. The molecule has 3 N–H and O–H groups in total. The first kappa shape index (κ1) is 17.7. The standard InChI is InChI=1S/C20H19FN6O/c1-12-17(11-24-26-12)14-8-19(20(22)23-10-14)28-13(2)16-9-15(21)4-5-18(16)27-7-3-6-25-27/h3-11,13H,1-2H3,(H2,22,23)(H,24,26)/t13-/m0/s1. The second kappa shape index (κ2) is 7.15. The number of pyridine rings is 1. The van der Waals surface area contributed by atoms with Crippen molar-refractivity contribution in [2.45, 2.75) is 20.0 Å². The molecule has 0 spiro atoms. The summed E-state index contributed by atoms with van der Waals surface area (Å²) in [4.78, 5) is 4.23. The second-order valence-electron chi connectivity index (χ2n) is 6.43. The Labute approximate surface area is 161 Å². The molecule has 8 heteroatoms. The van der Waals surface area contributed by atoms with Crippen LogP contribution in [0.15, 0.2) is 55.1 Å². The molecule has 7 nitrogen and oxygen atoms in total. The molecule has 0 aliphatic rings. The first-order valence-corrected chi connectivity index (χ1v) is 8.75. The molecule has 0 unspecified atom stereocenters. The van der Waals surface area contributed by atoms with Crippen LogP contribution >= 0.6 is 0 Å². The number of nitrogens with two attached hydrogens (primary N) is 1. The Bertz CT molecular complexity index is 1110. The maximum atomic E-state index is 13.9. The normalized spacial score (nSPS) is 12.1. The van der Waals surface area contributed by atoms with Gasteiger partial charge in [0.05, 0.1) is 11.9 Å². The molecule has 0 saturated heterocycles. The first-order valence-electron chi connectivity index (χ1n) is 8.75. The molecular formula is C20H19FN6O. The number of H-pyrrole nitrogens is 1. The second-order valence-corrected chi connectivity index (χ2v) is 6.43. The summed E-state index contributed by atoms with van der Waals surface area (Å²) in [5.41, 5.74) is 10.0. The number of nitrogens with one attached hydrogen (secondary N) is 1. The summed E-state index contributed by atoms with van der Waals surface area (Å²) in [5, 5.41) is 11.2. The van der Waals surface area contributed by atoms with Crippen molar-refractivity contribution in [3.8, 4) is 22.6 Å². The maximum absolute atomic E-state index is 13.9. The molecule has 0 aliphatic heterocycles. The van der Waals surface area contributed by atoms with E-state index in [0.29, 0.717) is 11.3 Å². The number of rotatable bonds is 5. The number of aromatic nitrogens is 5. The van der Waals surface area contributed by atoms with Crippen LogP contribution in [0.5, 0.6) is 5.75 Å². The summed E-state index contributed by atoms with van der Waals surface area (Å²) in [6.45, 7) is 3.75. The van der Waals surface area contributed by atoms with Crippen molar-refractivity contribution in [3.05, 3.63) is 72.2 Å². The molecule has 0 aliphatic carbocycles. The van der Waals surface area contributed by atoms with Crippen molar-refractivity contribution < 1.29 is 9.13 Å². The third kappa shape index (κ3) is 3.32. The summed E-state index contributed by atoms with van der Waals surface area (Å²) in [6, 6.07) is 8.12. The number of hydrogen-bond donors (Lipinski definition) is 2. The van der Waals surface area contributed by atoms with E-state index in [1.54, 1.807) is 41.6 Å². The van der Waals surface area contributed by atoms with E-state index in [0.717, 1.165) is 22.5 Å². The summed E-state index contributed by atoms with van der Waals surface area (Å²) in [7, 11) is 0. The Hall–Kier alpha value is -3.68. The zero-order valence-electron chi connectivity index (χ0n) is 15.4. The van der Waals surface area contributed by atoms with Crippen LogP contribution in [0.25, 0.3) is 16.8 Å². The van der Waals surface area contributed by atoms with Crippen molar-refractivity contribution >= 4 is 5.82 Å². The average molecular weight is 378 g/mol. The Balaban J connectivity index is 1.69. The molecule has 0 amide bonds. The van der Waals surface area contributed by atoms with Crippen molar-refractivity contribution in [1.82, 2.24) is 25.0 Å². The molecule has 1 atom stereocenters. The van der Waals surface area contributed by atoms with E-state index < -0.39 is 6.10 Å². The molecule has 0 radical (unpaired) electrons. The molecule has 28 heavy (non-hydrogen) atoms. The molecule has 0 fully saturated rings. The number of ether oxygens (including phenoxy) is 1. The van der Waals surface area contributed by atoms with E-state index in [1.807, 2.05) is 19.9 Å². The van der Waals surface area contributed by atoms with Crippen LogP contribution in [0.1, 0.15) is 24.3 Å². The number of nitrogens with zero attached hydrogens (tertiary/aromatic N) is 4. The van der Waals surface area contributed by atoms with Crippen LogP contribution < -0.4 is 10.5 Å². The quantitative estimate of drug-likeness (QED) is 0.550. The molecular weight excluding hydrogens is 359 g/mol. The highest BCUT2D eigenvalue weighted by Crippen LogP contribution is 2.33. The number of hydrogen-bond acceptors (Lipinski definition) is 5. The van der Waals surface area contributed by atoms with Crippen LogP contribution in [0.2, 0.25) is 0 Å². The van der Waals surface area contributed by atoms with E-state index in [-0.39, 0.29) is 11.6 Å². The third-order valence-corrected chi connectivity index (χ3v) is 4.51. The van der Waals surface area contributed by atoms with Crippen LogP contribution in [0, 0.1) is 12.7 Å². The maximum Gasteiger partial charge on any atom is 0.166 e. The van der Waals surface area contributed by atoms with Gasteiger partial charge in [-0.2, -0.15) is 10.2 Å². The lowest BCUT2D eigenvalue weighted by molar-refractivity contribution is 0.227.